The maximum absolute atomic E-state index is 15.0. The van der Waals surface area contributed by atoms with Crippen molar-refractivity contribution in [3.63, 3.8) is 0 Å². The second-order valence-corrected chi connectivity index (χ2v) is 9.02. The van der Waals surface area contributed by atoms with E-state index in [2.05, 4.69) is 9.69 Å². The fourth-order valence-electron chi connectivity index (χ4n) is 4.47. The number of rotatable bonds is 3. The van der Waals surface area contributed by atoms with Gasteiger partial charge in [0, 0.05) is 5.56 Å². The lowest BCUT2D eigenvalue weighted by atomic mass is 9.99. The molecule has 3 aromatic carbocycles. The largest absolute Gasteiger partial charge is 0.262 e. The minimum Gasteiger partial charge on any atom is -0.237 e. The van der Waals surface area contributed by atoms with Gasteiger partial charge in [0.05, 0.1) is 41.0 Å². The van der Waals surface area contributed by atoms with E-state index in [1.807, 2.05) is 0 Å². The van der Waals surface area contributed by atoms with E-state index >= 15 is 26.3 Å². The topological polar surface area (TPSA) is 80.1 Å². The Hall–Kier alpha value is -6.51. The normalized spacial score (nSPS) is 15.1. The third-order valence-electron chi connectivity index (χ3n) is 6.71. The molecule has 0 saturated heterocycles. The zero-order valence-electron chi connectivity index (χ0n) is 22.3. The molecule has 3 aromatic rings. The molecule has 0 aliphatic heterocycles. The molecule has 17 heteroatoms. The molecule has 4 rings (SSSR count). The van der Waals surface area contributed by atoms with Gasteiger partial charge in [-0.15, -0.1) is 0 Å². The van der Waals surface area contributed by atoms with Gasteiger partial charge in [0.15, 0.2) is 69.8 Å². The zero-order valence-corrected chi connectivity index (χ0v) is 22.3. The number of allylic oxidation sites excluding steroid dienone is 5. The molecule has 1 aliphatic rings. The molecule has 0 unspecified atom stereocenters. The molecule has 0 heterocycles. The summed E-state index contributed by atoms with van der Waals surface area (Å²) >= 11 is 0. The number of hydrogen-bond donors (Lipinski definition) is 0. The summed E-state index contributed by atoms with van der Waals surface area (Å²) in [4.78, 5) is 4.92. The molecule has 0 spiro atoms. The molecule has 0 radical (unpaired) electrons. The number of nitrogens with zero attached hydrogens (tertiary/aromatic N) is 5. The Kier molecular flexibility index (Phi) is 8.36. The summed E-state index contributed by atoms with van der Waals surface area (Å²) in [6.07, 6.45) is 0. The summed E-state index contributed by atoms with van der Waals surface area (Å²) in [7, 11) is 0. The lowest BCUT2D eigenvalue weighted by Gasteiger charge is -2.09. The number of benzene rings is 3. The summed E-state index contributed by atoms with van der Waals surface area (Å²) in [6, 6.07) is 2.79. The van der Waals surface area contributed by atoms with Gasteiger partial charge in [-0.05, 0) is 23.6 Å². The van der Waals surface area contributed by atoms with Crippen LogP contribution in [0.15, 0.2) is 16.7 Å². The monoisotopic (exact) mass is 661 g/mol. The van der Waals surface area contributed by atoms with Crippen molar-refractivity contribution in [1.82, 2.24) is 0 Å². The number of hydrogen-bond acceptors (Lipinski definition) is 3. The molecule has 5 nitrogen and oxygen atoms in total. The van der Waals surface area contributed by atoms with Crippen LogP contribution in [0.1, 0.15) is 27.8 Å². The van der Waals surface area contributed by atoms with Crippen LogP contribution in [-0.4, -0.2) is 0 Å². The van der Waals surface area contributed by atoms with Gasteiger partial charge in [-0.3, -0.25) is 0 Å². The third-order valence-corrected chi connectivity index (χ3v) is 6.71. The average molecular weight is 661 g/mol. The summed E-state index contributed by atoms with van der Waals surface area (Å²) in [6.45, 7) is 14.7. The van der Waals surface area contributed by atoms with Crippen LogP contribution < -0.4 is 0 Å². The summed E-state index contributed by atoms with van der Waals surface area (Å²) < 4.78 is 177. The van der Waals surface area contributed by atoms with Gasteiger partial charge in [0.1, 0.15) is 23.8 Å². The van der Waals surface area contributed by atoms with E-state index < -0.39 is 137 Å². The van der Waals surface area contributed by atoms with E-state index in [0.29, 0.717) is 6.92 Å². The standard InChI is InChI=1S/C30H3F12N5/c1-7-17(31)25(39)16(26(40)18(7)32)29(46-2)15-11(8(4-43)13-21(35)19(33)10(6-45)20(34)22(13)36)12(15)9(5-44)14-23(37)27(41)30(47-3)28(42)24(14)38/h1H3. The third kappa shape index (κ3) is 4.63. The van der Waals surface area contributed by atoms with Crippen LogP contribution in [0.25, 0.3) is 26.5 Å². The second-order valence-electron chi connectivity index (χ2n) is 9.02. The highest BCUT2D eigenvalue weighted by Crippen LogP contribution is 2.58. The van der Waals surface area contributed by atoms with Gasteiger partial charge in [0.25, 0.3) is 5.69 Å². The van der Waals surface area contributed by atoms with Crippen molar-refractivity contribution in [2.75, 3.05) is 0 Å². The first kappa shape index (κ1) is 33.4. The molecule has 232 valence electrons. The molecule has 1 aliphatic carbocycles. The van der Waals surface area contributed by atoms with E-state index in [1.54, 1.807) is 0 Å². The highest BCUT2D eigenvalue weighted by atomic mass is 19.2. The SMILES string of the molecule is [C-]#[N+]C(=C1C(=C(C#N)c2c(F)c(F)c(C#N)c(F)c2F)C1=C(C#N)c1c(F)c(F)c([N+]#[C-])c(F)c1F)c1c(F)c(F)c(C)c(F)c1F. The molecule has 0 amide bonds. The maximum atomic E-state index is 15.0. The van der Waals surface area contributed by atoms with Gasteiger partial charge < -0.3 is 0 Å². The Morgan fingerprint density at radius 1 is 0.511 bits per heavy atom. The van der Waals surface area contributed by atoms with Gasteiger partial charge in [-0.2, -0.15) is 15.8 Å². The quantitative estimate of drug-likeness (QED) is 0.122. The fourth-order valence-corrected chi connectivity index (χ4v) is 4.47. The number of nitriles is 3. The molecule has 1 saturated carbocycles. The molecular weight excluding hydrogens is 658 g/mol. The van der Waals surface area contributed by atoms with Crippen LogP contribution in [0.4, 0.5) is 58.4 Å². The summed E-state index contributed by atoms with van der Waals surface area (Å²) in [5, 5.41) is 28.5. The van der Waals surface area contributed by atoms with Crippen molar-refractivity contribution >= 4 is 22.5 Å². The maximum Gasteiger partial charge on any atom is 0.262 e. The zero-order chi connectivity index (χ0) is 35.4. The van der Waals surface area contributed by atoms with E-state index in [-0.39, 0.29) is 0 Å². The lowest BCUT2D eigenvalue weighted by Crippen LogP contribution is -2.06. The molecule has 0 N–H and O–H groups in total. The van der Waals surface area contributed by atoms with Gasteiger partial charge in [-0.25, -0.2) is 62.4 Å². The summed E-state index contributed by atoms with van der Waals surface area (Å²) in [5.41, 5.74) is -20.1. The first-order valence-electron chi connectivity index (χ1n) is 11.8. The van der Waals surface area contributed by atoms with Crippen molar-refractivity contribution in [3.8, 4) is 18.2 Å². The predicted octanol–water partition coefficient (Wildman–Crippen LogP) is 8.69. The highest BCUT2D eigenvalue weighted by molar-refractivity contribution is 6.11. The molecule has 0 bridgehead atoms. The van der Waals surface area contributed by atoms with Crippen LogP contribution >= 0.6 is 0 Å². The smallest absolute Gasteiger partial charge is 0.237 e. The van der Waals surface area contributed by atoms with Crippen molar-refractivity contribution in [3.05, 3.63) is 137 Å². The van der Waals surface area contributed by atoms with Gasteiger partial charge >= 0.3 is 0 Å². The molecule has 1 fully saturated rings. The van der Waals surface area contributed by atoms with Crippen LogP contribution in [-0.2, 0) is 0 Å². The minimum absolute atomic E-state index is 0.557. The summed E-state index contributed by atoms with van der Waals surface area (Å²) in [5.74, 6) is -28.4. The highest BCUT2D eigenvalue weighted by Gasteiger charge is 2.46. The lowest BCUT2D eigenvalue weighted by molar-refractivity contribution is 0.442. The average Bonchev–Trinajstić information content (AvgIpc) is 3.77. The van der Waals surface area contributed by atoms with E-state index in [9.17, 15) is 36.9 Å². The molecule has 0 atom stereocenters. The Bertz CT molecular complexity index is 2130. The van der Waals surface area contributed by atoms with Crippen molar-refractivity contribution in [2.45, 2.75) is 6.92 Å². The van der Waals surface area contributed by atoms with Crippen LogP contribution in [0.3, 0.4) is 0 Å². The van der Waals surface area contributed by atoms with Crippen molar-refractivity contribution in [2.24, 2.45) is 0 Å². The second kappa shape index (κ2) is 11.8. The van der Waals surface area contributed by atoms with E-state index in [4.69, 9.17) is 18.4 Å². The predicted molar refractivity (Wildman–Crippen MR) is 133 cm³/mol. The van der Waals surface area contributed by atoms with Crippen molar-refractivity contribution in [1.29, 1.82) is 15.8 Å². The van der Waals surface area contributed by atoms with Crippen LogP contribution in [0, 0.1) is 124 Å². The van der Waals surface area contributed by atoms with Gasteiger partial charge in [0.2, 0.25) is 5.70 Å². The first-order chi connectivity index (χ1) is 22.1. The van der Waals surface area contributed by atoms with Gasteiger partial charge in [-0.1, -0.05) is 0 Å². The molecule has 0 aromatic heterocycles. The Morgan fingerprint density at radius 2 is 0.872 bits per heavy atom. The van der Waals surface area contributed by atoms with Crippen LogP contribution in [0.5, 0.6) is 0 Å². The Morgan fingerprint density at radius 3 is 1.19 bits per heavy atom. The minimum atomic E-state index is -2.49. The van der Waals surface area contributed by atoms with E-state index in [1.165, 1.54) is 0 Å². The van der Waals surface area contributed by atoms with Crippen LogP contribution in [0.2, 0.25) is 0 Å². The molecule has 47 heavy (non-hydrogen) atoms. The Balaban J connectivity index is 2.37. The fraction of sp³-hybridized carbons (Fsp3) is 0.0333. The molecular formula is C30H3F12N5. The first-order valence-corrected chi connectivity index (χ1v) is 11.8. The Labute approximate surface area is 253 Å². The van der Waals surface area contributed by atoms with Crippen molar-refractivity contribution < 1.29 is 52.7 Å². The number of halogens is 12. The van der Waals surface area contributed by atoms with E-state index in [0.717, 1.165) is 18.2 Å².